The molecule has 1 atom stereocenters. The minimum atomic E-state index is 0.209. The predicted molar refractivity (Wildman–Crippen MR) is 92.6 cm³/mol. The van der Waals surface area contributed by atoms with E-state index in [9.17, 15) is 0 Å². The number of ether oxygens (including phenoxy) is 1. The molecule has 1 spiro atoms. The van der Waals surface area contributed by atoms with E-state index in [1.807, 2.05) is 6.07 Å². The number of rotatable bonds is 3. The van der Waals surface area contributed by atoms with Crippen LogP contribution in [0.1, 0.15) is 44.9 Å². The van der Waals surface area contributed by atoms with Gasteiger partial charge < -0.3 is 10.1 Å². The number of hydrogen-bond donors (Lipinski definition) is 1. The van der Waals surface area contributed by atoms with E-state index in [4.69, 9.17) is 16.3 Å². The molecule has 1 aliphatic heterocycles. The molecule has 1 unspecified atom stereocenters. The molecule has 1 heterocycles. The molecule has 3 rings (SSSR count). The molecule has 0 aromatic heterocycles. The van der Waals surface area contributed by atoms with E-state index in [1.54, 1.807) is 0 Å². The third kappa shape index (κ3) is 3.42. The zero-order chi connectivity index (χ0) is 14.0. The quantitative estimate of drug-likeness (QED) is 0.695. The highest BCUT2D eigenvalue weighted by Crippen LogP contribution is 2.42. The fraction of sp³-hybridized carbons (Fsp3) is 0.625. The second-order valence-corrected chi connectivity index (χ2v) is 7.68. The number of halogens is 2. The van der Waals surface area contributed by atoms with Crippen LogP contribution in [-0.4, -0.2) is 18.2 Å². The zero-order valence-corrected chi connectivity index (χ0v) is 14.5. The normalized spacial score (nSPS) is 25.0. The molecule has 4 heteroatoms. The maximum absolute atomic E-state index is 6.37. The lowest BCUT2D eigenvalue weighted by atomic mass is 9.83. The average Bonchev–Trinajstić information content (AvgIpc) is 2.82. The van der Waals surface area contributed by atoms with Crippen molar-refractivity contribution in [2.75, 3.05) is 11.9 Å². The van der Waals surface area contributed by atoms with Gasteiger partial charge in [0, 0.05) is 10.1 Å². The summed E-state index contributed by atoms with van der Waals surface area (Å²) in [6.07, 6.45) is 9.32. The van der Waals surface area contributed by atoms with Crippen LogP contribution in [0.3, 0.4) is 0 Å². The standard InChI is InChI=1S/C16H21ClINO/c17-14-10-12(18)4-5-15(14)19-11-13-6-9-16(20-13)7-2-1-3-8-16/h4-5,10,13,19H,1-3,6-9,11H2. The lowest BCUT2D eigenvalue weighted by Crippen LogP contribution is -2.33. The molecule has 2 nitrogen and oxygen atoms in total. The molecule has 1 aromatic carbocycles. The smallest absolute Gasteiger partial charge is 0.0756 e. The third-order valence-corrected chi connectivity index (χ3v) is 5.54. The van der Waals surface area contributed by atoms with Gasteiger partial charge in [-0.25, -0.2) is 0 Å². The Hall–Kier alpha value is -0.000000000000000132. The predicted octanol–water partition coefficient (Wildman–Crippen LogP) is 5.24. The van der Waals surface area contributed by atoms with Gasteiger partial charge in [0.1, 0.15) is 0 Å². The molecule has 1 aromatic rings. The van der Waals surface area contributed by atoms with Gasteiger partial charge in [0.05, 0.1) is 22.4 Å². The van der Waals surface area contributed by atoms with Gasteiger partial charge >= 0.3 is 0 Å². The first-order valence-electron chi connectivity index (χ1n) is 7.54. The summed E-state index contributed by atoms with van der Waals surface area (Å²) in [5, 5.41) is 4.24. The summed E-state index contributed by atoms with van der Waals surface area (Å²) in [5.74, 6) is 0. The second kappa shape index (κ2) is 6.41. The van der Waals surface area contributed by atoms with Crippen molar-refractivity contribution in [2.24, 2.45) is 0 Å². The minimum Gasteiger partial charge on any atom is -0.381 e. The van der Waals surface area contributed by atoms with E-state index in [0.717, 1.165) is 20.8 Å². The van der Waals surface area contributed by atoms with Crippen molar-refractivity contribution in [2.45, 2.75) is 56.7 Å². The van der Waals surface area contributed by atoms with Crippen LogP contribution in [0, 0.1) is 3.57 Å². The Balaban J connectivity index is 1.54. The highest BCUT2D eigenvalue weighted by Gasteiger charge is 2.40. The molecule has 2 fully saturated rings. The Morgan fingerprint density at radius 3 is 2.80 bits per heavy atom. The molecule has 1 aliphatic carbocycles. The van der Waals surface area contributed by atoms with Crippen molar-refractivity contribution in [3.05, 3.63) is 26.8 Å². The third-order valence-electron chi connectivity index (χ3n) is 4.55. The van der Waals surface area contributed by atoms with Crippen LogP contribution in [0.2, 0.25) is 5.02 Å². The van der Waals surface area contributed by atoms with Gasteiger partial charge in [-0.05, 0) is 66.5 Å². The first-order chi connectivity index (χ1) is 9.67. The zero-order valence-electron chi connectivity index (χ0n) is 11.6. The number of hydrogen-bond acceptors (Lipinski definition) is 2. The fourth-order valence-electron chi connectivity index (χ4n) is 3.46. The van der Waals surface area contributed by atoms with Gasteiger partial charge in [0.2, 0.25) is 0 Å². The Labute approximate surface area is 139 Å². The molecule has 0 radical (unpaired) electrons. The first kappa shape index (κ1) is 14.9. The summed E-state index contributed by atoms with van der Waals surface area (Å²) in [7, 11) is 0. The molecule has 0 amide bonds. The molecule has 110 valence electrons. The fourth-order valence-corrected chi connectivity index (χ4v) is 4.38. The molecular formula is C16H21ClINO. The topological polar surface area (TPSA) is 21.3 Å². The van der Waals surface area contributed by atoms with Crippen LogP contribution in [0.5, 0.6) is 0 Å². The summed E-state index contributed by atoms with van der Waals surface area (Å²) < 4.78 is 7.53. The van der Waals surface area contributed by atoms with Gasteiger partial charge in [0.15, 0.2) is 0 Å². The van der Waals surface area contributed by atoms with Crippen molar-refractivity contribution in [3.8, 4) is 0 Å². The average molecular weight is 406 g/mol. The van der Waals surface area contributed by atoms with Crippen LogP contribution >= 0.6 is 34.2 Å². The largest absolute Gasteiger partial charge is 0.381 e. The molecule has 0 bridgehead atoms. The van der Waals surface area contributed by atoms with E-state index in [0.29, 0.717) is 6.10 Å². The van der Waals surface area contributed by atoms with Gasteiger partial charge in [-0.2, -0.15) is 0 Å². The van der Waals surface area contributed by atoms with Crippen LogP contribution in [-0.2, 0) is 4.74 Å². The van der Waals surface area contributed by atoms with Crippen molar-refractivity contribution < 1.29 is 4.74 Å². The van der Waals surface area contributed by atoms with E-state index in [-0.39, 0.29) is 5.60 Å². The highest BCUT2D eigenvalue weighted by molar-refractivity contribution is 14.1. The van der Waals surface area contributed by atoms with Crippen molar-refractivity contribution in [3.63, 3.8) is 0 Å². The highest BCUT2D eigenvalue weighted by atomic mass is 127. The van der Waals surface area contributed by atoms with Gasteiger partial charge in [-0.3, -0.25) is 0 Å². The Bertz CT molecular complexity index is 474. The van der Waals surface area contributed by atoms with Crippen LogP contribution in [0.4, 0.5) is 5.69 Å². The van der Waals surface area contributed by atoms with Crippen LogP contribution in [0.15, 0.2) is 18.2 Å². The van der Waals surface area contributed by atoms with Crippen molar-refractivity contribution >= 4 is 39.9 Å². The van der Waals surface area contributed by atoms with Crippen LogP contribution in [0.25, 0.3) is 0 Å². The van der Waals surface area contributed by atoms with Gasteiger partial charge in [-0.15, -0.1) is 0 Å². The Morgan fingerprint density at radius 1 is 1.25 bits per heavy atom. The Morgan fingerprint density at radius 2 is 2.05 bits per heavy atom. The second-order valence-electron chi connectivity index (χ2n) is 6.03. The first-order valence-corrected chi connectivity index (χ1v) is 8.99. The molecule has 1 saturated heterocycles. The summed E-state index contributed by atoms with van der Waals surface area (Å²) in [4.78, 5) is 0. The molecular weight excluding hydrogens is 385 g/mol. The molecule has 20 heavy (non-hydrogen) atoms. The van der Waals surface area contributed by atoms with Gasteiger partial charge in [0.25, 0.3) is 0 Å². The number of benzene rings is 1. The van der Waals surface area contributed by atoms with Gasteiger partial charge in [-0.1, -0.05) is 30.9 Å². The lowest BCUT2D eigenvalue weighted by molar-refractivity contribution is -0.0588. The molecule has 1 N–H and O–H groups in total. The molecule has 2 aliphatic rings. The van der Waals surface area contributed by atoms with Crippen LogP contribution < -0.4 is 5.32 Å². The SMILES string of the molecule is Clc1cc(I)ccc1NCC1CCC2(CCCCC2)O1. The van der Waals surface area contributed by atoms with E-state index in [1.165, 1.54) is 44.9 Å². The summed E-state index contributed by atoms with van der Waals surface area (Å²) in [6.45, 7) is 0.863. The van der Waals surface area contributed by atoms with E-state index in [2.05, 4.69) is 40.0 Å². The van der Waals surface area contributed by atoms with Crippen molar-refractivity contribution in [1.82, 2.24) is 0 Å². The number of anilines is 1. The van der Waals surface area contributed by atoms with Crippen molar-refractivity contribution in [1.29, 1.82) is 0 Å². The summed E-state index contributed by atoms with van der Waals surface area (Å²) in [5.41, 5.74) is 1.22. The lowest BCUT2D eigenvalue weighted by Gasteiger charge is -2.33. The van der Waals surface area contributed by atoms with E-state index >= 15 is 0 Å². The monoisotopic (exact) mass is 405 g/mol. The summed E-state index contributed by atoms with van der Waals surface area (Å²) in [6, 6.07) is 6.12. The maximum Gasteiger partial charge on any atom is 0.0756 e. The van der Waals surface area contributed by atoms with E-state index < -0.39 is 0 Å². The number of nitrogens with one attached hydrogen (secondary N) is 1. The minimum absolute atomic E-state index is 0.209. The summed E-state index contributed by atoms with van der Waals surface area (Å²) >= 11 is 8.53. The molecule has 1 saturated carbocycles. The Kier molecular flexibility index (Phi) is 4.78. The maximum atomic E-state index is 6.37.